The summed E-state index contributed by atoms with van der Waals surface area (Å²) in [4.78, 5) is 18.0. The van der Waals surface area contributed by atoms with Gasteiger partial charge < -0.3 is 20.3 Å². The van der Waals surface area contributed by atoms with Crippen LogP contribution in [0.25, 0.3) is 0 Å². The average Bonchev–Trinajstić information content (AvgIpc) is 2.46. The number of amides is 1. The van der Waals surface area contributed by atoms with Gasteiger partial charge in [-0.25, -0.2) is 0 Å². The topological polar surface area (TPSA) is 66.0 Å². The van der Waals surface area contributed by atoms with E-state index in [0.29, 0.717) is 12.5 Å². The summed E-state index contributed by atoms with van der Waals surface area (Å²) in [5, 5.41) is 5.98. The number of methoxy groups -OCH3 is 1. The first kappa shape index (κ1) is 18.8. The summed E-state index contributed by atoms with van der Waals surface area (Å²) < 4.78 is 5.15. The Hall–Kier alpha value is -2.24. The molecule has 0 aliphatic heterocycles. The third kappa shape index (κ3) is 7.04. The van der Waals surface area contributed by atoms with Gasteiger partial charge in [-0.3, -0.25) is 9.79 Å². The highest BCUT2D eigenvalue weighted by atomic mass is 16.5. The maximum absolute atomic E-state index is 11.9. The van der Waals surface area contributed by atoms with Crippen LogP contribution < -0.4 is 15.4 Å². The lowest BCUT2D eigenvalue weighted by molar-refractivity contribution is -0.121. The fourth-order valence-electron chi connectivity index (χ4n) is 2.09. The van der Waals surface area contributed by atoms with Gasteiger partial charge in [0.05, 0.1) is 13.7 Å². The molecule has 0 aliphatic rings. The second-order valence-electron chi connectivity index (χ2n) is 6.40. The van der Waals surface area contributed by atoms with Gasteiger partial charge in [-0.1, -0.05) is 12.1 Å². The second kappa shape index (κ2) is 8.41. The van der Waals surface area contributed by atoms with Crippen molar-refractivity contribution < 1.29 is 9.53 Å². The molecule has 0 aromatic heterocycles. The fraction of sp³-hybridized carbons (Fsp3) is 0.529. The van der Waals surface area contributed by atoms with Crippen LogP contribution in [0, 0.1) is 0 Å². The molecular formula is C17H28N4O2. The molecule has 0 unspecified atom stereocenters. The number of nitrogens with zero attached hydrogens (tertiary/aromatic N) is 2. The third-order valence-corrected chi connectivity index (χ3v) is 3.07. The summed E-state index contributed by atoms with van der Waals surface area (Å²) in [6, 6.07) is 7.87. The molecule has 0 aliphatic carbocycles. The van der Waals surface area contributed by atoms with Gasteiger partial charge >= 0.3 is 0 Å². The lowest BCUT2D eigenvalue weighted by Crippen LogP contribution is -2.48. The Bertz CT molecular complexity index is 533. The van der Waals surface area contributed by atoms with Crippen LogP contribution in [0.2, 0.25) is 0 Å². The van der Waals surface area contributed by atoms with Gasteiger partial charge in [-0.15, -0.1) is 0 Å². The van der Waals surface area contributed by atoms with Crippen molar-refractivity contribution in [2.24, 2.45) is 4.99 Å². The van der Waals surface area contributed by atoms with Crippen LogP contribution in [0.15, 0.2) is 29.3 Å². The molecule has 2 N–H and O–H groups in total. The number of hydrogen-bond donors (Lipinski definition) is 2. The number of benzene rings is 1. The highest BCUT2D eigenvalue weighted by Crippen LogP contribution is 2.12. The van der Waals surface area contributed by atoms with Crippen molar-refractivity contribution in [3.05, 3.63) is 29.8 Å². The van der Waals surface area contributed by atoms with Gasteiger partial charge in [-0.05, 0) is 38.5 Å². The smallest absolute Gasteiger partial charge is 0.239 e. The van der Waals surface area contributed by atoms with Crippen molar-refractivity contribution in [2.45, 2.75) is 32.9 Å². The third-order valence-electron chi connectivity index (χ3n) is 3.07. The molecule has 1 aromatic rings. The summed E-state index contributed by atoms with van der Waals surface area (Å²) in [6.45, 7) is 6.74. The molecule has 1 rings (SSSR count). The molecule has 0 radical (unpaired) electrons. The molecule has 23 heavy (non-hydrogen) atoms. The summed E-state index contributed by atoms with van der Waals surface area (Å²) in [5.41, 5.74) is 0.896. The lowest BCUT2D eigenvalue weighted by Gasteiger charge is -2.24. The van der Waals surface area contributed by atoms with E-state index in [1.165, 1.54) is 0 Å². The summed E-state index contributed by atoms with van der Waals surface area (Å²) in [5.74, 6) is 1.44. The molecule has 0 saturated heterocycles. The van der Waals surface area contributed by atoms with Crippen LogP contribution in [0.3, 0.4) is 0 Å². The highest BCUT2D eigenvalue weighted by molar-refractivity contribution is 5.86. The molecule has 0 heterocycles. The van der Waals surface area contributed by atoms with Crippen LogP contribution in [0.4, 0.5) is 0 Å². The first-order valence-corrected chi connectivity index (χ1v) is 7.61. The molecule has 0 atom stereocenters. The zero-order valence-electron chi connectivity index (χ0n) is 14.9. The number of guanidine groups is 1. The van der Waals surface area contributed by atoms with Gasteiger partial charge in [0.1, 0.15) is 5.75 Å². The van der Waals surface area contributed by atoms with Crippen LogP contribution in [-0.4, -0.2) is 50.1 Å². The van der Waals surface area contributed by atoms with E-state index in [-0.39, 0.29) is 18.0 Å². The highest BCUT2D eigenvalue weighted by Gasteiger charge is 2.14. The number of carbonyl (C=O) groups is 1. The van der Waals surface area contributed by atoms with Crippen LogP contribution in [0.5, 0.6) is 5.75 Å². The predicted molar refractivity (Wildman–Crippen MR) is 93.7 cm³/mol. The standard InChI is InChI=1S/C17H28N4O2/c1-17(2,3)20-15(22)11-19-16(18-4)21(5)12-13-7-9-14(23-6)10-8-13/h7-10H,11-12H2,1-6H3,(H,18,19)(H,20,22). The van der Waals surface area contributed by atoms with E-state index < -0.39 is 0 Å². The molecule has 0 spiro atoms. The monoisotopic (exact) mass is 320 g/mol. The first-order valence-electron chi connectivity index (χ1n) is 7.61. The van der Waals surface area contributed by atoms with Crippen molar-refractivity contribution in [1.29, 1.82) is 0 Å². The number of carbonyl (C=O) groups excluding carboxylic acids is 1. The van der Waals surface area contributed by atoms with E-state index in [4.69, 9.17) is 4.74 Å². The zero-order chi connectivity index (χ0) is 17.5. The maximum Gasteiger partial charge on any atom is 0.239 e. The van der Waals surface area contributed by atoms with E-state index in [9.17, 15) is 4.79 Å². The Balaban J connectivity index is 2.54. The molecule has 0 saturated carbocycles. The number of rotatable bonds is 5. The Morgan fingerprint density at radius 2 is 1.87 bits per heavy atom. The van der Waals surface area contributed by atoms with Crippen LogP contribution in [-0.2, 0) is 11.3 Å². The van der Waals surface area contributed by atoms with E-state index in [1.54, 1.807) is 14.2 Å². The van der Waals surface area contributed by atoms with Gasteiger partial charge in [0, 0.05) is 26.2 Å². The SMILES string of the molecule is CN=C(NCC(=O)NC(C)(C)C)N(C)Cc1ccc(OC)cc1. The van der Waals surface area contributed by atoms with E-state index in [0.717, 1.165) is 11.3 Å². The van der Waals surface area contributed by atoms with Crippen molar-refractivity contribution in [1.82, 2.24) is 15.5 Å². The molecule has 1 amide bonds. The summed E-state index contributed by atoms with van der Waals surface area (Å²) in [6.07, 6.45) is 0. The molecule has 128 valence electrons. The van der Waals surface area contributed by atoms with Crippen molar-refractivity contribution in [3.8, 4) is 5.75 Å². The van der Waals surface area contributed by atoms with Crippen molar-refractivity contribution in [3.63, 3.8) is 0 Å². The van der Waals surface area contributed by atoms with Gasteiger partial charge in [0.15, 0.2) is 5.96 Å². The fourth-order valence-corrected chi connectivity index (χ4v) is 2.09. The van der Waals surface area contributed by atoms with Crippen molar-refractivity contribution >= 4 is 11.9 Å². The minimum Gasteiger partial charge on any atom is -0.497 e. The first-order chi connectivity index (χ1) is 10.7. The quantitative estimate of drug-likeness (QED) is 0.639. The largest absolute Gasteiger partial charge is 0.497 e. The minimum atomic E-state index is -0.239. The molecule has 6 nitrogen and oxygen atoms in total. The number of hydrogen-bond acceptors (Lipinski definition) is 3. The number of nitrogens with one attached hydrogen (secondary N) is 2. The van der Waals surface area contributed by atoms with E-state index >= 15 is 0 Å². The molecule has 6 heteroatoms. The Morgan fingerprint density at radius 3 is 2.35 bits per heavy atom. The summed E-state index contributed by atoms with van der Waals surface area (Å²) >= 11 is 0. The molecular weight excluding hydrogens is 292 g/mol. The molecule has 0 fully saturated rings. The Kier molecular flexibility index (Phi) is 6.88. The second-order valence-corrected chi connectivity index (χ2v) is 6.40. The van der Waals surface area contributed by atoms with Crippen LogP contribution in [0.1, 0.15) is 26.3 Å². The Morgan fingerprint density at radius 1 is 1.26 bits per heavy atom. The average molecular weight is 320 g/mol. The van der Waals surface area contributed by atoms with Crippen LogP contribution >= 0.6 is 0 Å². The maximum atomic E-state index is 11.9. The van der Waals surface area contributed by atoms with E-state index in [2.05, 4.69) is 15.6 Å². The van der Waals surface area contributed by atoms with Gasteiger partial charge in [0.25, 0.3) is 0 Å². The van der Waals surface area contributed by atoms with Crippen molar-refractivity contribution in [2.75, 3.05) is 27.7 Å². The van der Waals surface area contributed by atoms with E-state index in [1.807, 2.05) is 57.0 Å². The molecule has 1 aromatic carbocycles. The zero-order valence-corrected chi connectivity index (χ0v) is 14.9. The molecule has 0 bridgehead atoms. The number of ether oxygens (including phenoxy) is 1. The number of aliphatic imine (C=N–C) groups is 1. The minimum absolute atomic E-state index is 0.0588. The Labute approximate surface area is 138 Å². The van der Waals surface area contributed by atoms with Gasteiger partial charge in [-0.2, -0.15) is 0 Å². The normalized spacial score (nSPS) is 11.8. The summed E-state index contributed by atoms with van der Waals surface area (Å²) in [7, 11) is 5.28. The predicted octanol–water partition coefficient (Wildman–Crippen LogP) is 1.62. The van der Waals surface area contributed by atoms with Gasteiger partial charge in [0.2, 0.25) is 5.91 Å². The lowest BCUT2D eigenvalue weighted by atomic mass is 10.1.